The van der Waals surface area contributed by atoms with Crippen molar-refractivity contribution >= 4 is 11.3 Å². The fraction of sp³-hybridized carbons (Fsp3) is 0.462. The van der Waals surface area contributed by atoms with E-state index in [1.165, 1.54) is 9.75 Å². The molecule has 92 valence electrons. The minimum atomic E-state index is -0.561. The van der Waals surface area contributed by atoms with Crippen LogP contribution in [0.4, 0.5) is 0 Å². The highest BCUT2D eigenvalue weighted by molar-refractivity contribution is 7.12. The molecule has 0 saturated heterocycles. The molecule has 0 aliphatic heterocycles. The van der Waals surface area contributed by atoms with Crippen molar-refractivity contribution in [3.8, 4) is 0 Å². The zero-order chi connectivity index (χ0) is 12.4. The summed E-state index contributed by atoms with van der Waals surface area (Å²) in [5.74, 6) is 0. The maximum Gasteiger partial charge on any atom is 0.122 e. The van der Waals surface area contributed by atoms with Crippen molar-refractivity contribution in [2.75, 3.05) is 0 Å². The van der Waals surface area contributed by atoms with Crippen molar-refractivity contribution in [2.24, 2.45) is 0 Å². The van der Waals surface area contributed by atoms with Crippen LogP contribution in [0.5, 0.6) is 0 Å². The third kappa shape index (κ3) is 2.42. The minimum absolute atomic E-state index is 0.561. The third-order valence-electron chi connectivity index (χ3n) is 2.84. The summed E-state index contributed by atoms with van der Waals surface area (Å²) in [5, 5.41) is 14.7. The van der Waals surface area contributed by atoms with Crippen LogP contribution in [-0.2, 0) is 6.54 Å². The van der Waals surface area contributed by atoms with Crippen LogP contribution < -0.4 is 0 Å². The van der Waals surface area contributed by atoms with E-state index in [2.05, 4.69) is 31.9 Å². The Kier molecular flexibility index (Phi) is 3.64. The van der Waals surface area contributed by atoms with Gasteiger partial charge in [0, 0.05) is 28.1 Å². The summed E-state index contributed by atoms with van der Waals surface area (Å²) < 4.78 is 1.89. The Labute approximate surface area is 106 Å². The van der Waals surface area contributed by atoms with Gasteiger partial charge >= 0.3 is 0 Å². The minimum Gasteiger partial charge on any atom is -0.382 e. The molecule has 0 aliphatic rings. The predicted octanol–water partition coefficient (Wildman–Crippen LogP) is 3.05. The van der Waals surface area contributed by atoms with E-state index in [0.29, 0.717) is 0 Å². The van der Waals surface area contributed by atoms with Crippen molar-refractivity contribution in [3.05, 3.63) is 39.3 Å². The monoisotopic (exact) mass is 250 g/mol. The normalized spacial score (nSPS) is 12.9. The highest BCUT2D eigenvalue weighted by Gasteiger charge is 2.18. The van der Waals surface area contributed by atoms with E-state index in [4.69, 9.17) is 0 Å². The largest absolute Gasteiger partial charge is 0.382 e. The van der Waals surface area contributed by atoms with Crippen LogP contribution in [0.15, 0.2) is 18.3 Å². The molecule has 1 unspecified atom stereocenters. The van der Waals surface area contributed by atoms with Crippen LogP contribution in [-0.4, -0.2) is 14.9 Å². The van der Waals surface area contributed by atoms with Gasteiger partial charge in [-0.25, -0.2) is 0 Å². The smallest absolute Gasteiger partial charge is 0.122 e. The first kappa shape index (κ1) is 12.3. The second-order valence-corrected chi connectivity index (χ2v) is 5.71. The Balaban J connectivity index is 2.33. The number of thiophene rings is 1. The highest BCUT2D eigenvalue weighted by Crippen LogP contribution is 2.30. The first-order valence-corrected chi connectivity index (χ1v) is 6.71. The van der Waals surface area contributed by atoms with E-state index in [1.54, 1.807) is 17.5 Å². The van der Waals surface area contributed by atoms with Crippen LogP contribution in [0.25, 0.3) is 0 Å². The molecular weight excluding hydrogens is 232 g/mol. The SMILES string of the molecule is CCCn1nccc1C(O)c1cc(C)sc1C. The number of aryl methyl sites for hydroxylation is 3. The van der Waals surface area contributed by atoms with Gasteiger partial charge in [-0.1, -0.05) is 6.92 Å². The molecule has 2 heterocycles. The number of rotatable bonds is 4. The van der Waals surface area contributed by atoms with Gasteiger partial charge in [-0.2, -0.15) is 5.10 Å². The molecule has 0 amide bonds. The quantitative estimate of drug-likeness (QED) is 0.905. The molecule has 2 aromatic heterocycles. The summed E-state index contributed by atoms with van der Waals surface area (Å²) in [5.41, 5.74) is 1.89. The van der Waals surface area contributed by atoms with E-state index in [0.717, 1.165) is 24.2 Å². The second-order valence-electron chi connectivity index (χ2n) is 4.25. The van der Waals surface area contributed by atoms with Gasteiger partial charge in [0.15, 0.2) is 0 Å². The van der Waals surface area contributed by atoms with E-state index in [9.17, 15) is 5.11 Å². The Hall–Kier alpha value is -1.13. The van der Waals surface area contributed by atoms with Crippen molar-refractivity contribution in [1.29, 1.82) is 0 Å². The topological polar surface area (TPSA) is 38.0 Å². The molecule has 2 rings (SSSR count). The van der Waals surface area contributed by atoms with Gasteiger partial charge in [-0.3, -0.25) is 4.68 Å². The number of aliphatic hydroxyl groups is 1. The number of hydrogen-bond donors (Lipinski definition) is 1. The molecule has 0 spiro atoms. The Bertz CT molecular complexity index is 501. The average Bonchev–Trinajstić information content (AvgIpc) is 2.85. The number of aliphatic hydroxyl groups excluding tert-OH is 1. The summed E-state index contributed by atoms with van der Waals surface area (Å²) in [6, 6.07) is 3.96. The number of nitrogens with zero attached hydrogens (tertiary/aromatic N) is 2. The molecule has 17 heavy (non-hydrogen) atoms. The maximum atomic E-state index is 10.4. The van der Waals surface area contributed by atoms with Gasteiger partial charge in [0.05, 0.1) is 5.69 Å². The molecular formula is C13H18N2OS. The van der Waals surface area contributed by atoms with Crippen molar-refractivity contribution < 1.29 is 5.11 Å². The number of hydrogen-bond acceptors (Lipinski definition) is 3. The van der Waals surface area contributed by atoms with Crippen LogP contribution in [0.2, 0.25) is 0 Å². The molecule has 4 heteroatoms. The van der Waals surface area contributed by atoms with Crippen molar-refractivity contribution in [1.82, 2.24) is 9.78 Å². The van der Waals surface area contributed by atoms with E-state index < -0.39 is 6.10 Å². The van der Waals surface area contributed by atoms with Crippen LogP contribution in [0, 0.1) is 13.8 Å². The van der Waals surface area contributed by atoms with E-state index in [-0.39, 0.29) is 0 Å². The summed E-state index contributed by atoms with van der Waals surface area (Å²) in [6.07, 6.45) is 2.21. The summed E-state index contributed by atoms with van der Waals surface area (Å²) in [7, 11) is 0. The molecule has 3 nitrogen and oxygen atoms in total. The van der Waals surface area contributed by atoms with Crippen molar-refractivity contribution in [3.63, 3.8) is 0 Å². The van der Waals surface area contributed by atoms with Crippen LogP contribution in [0.3, 0.4) is 0 Å². The lowest BCUT2D eigenvalue weighted by atomic mass is 10.1. The third-order valence-corrected chi connectivity index (χ3v) is 3.82. The zero-order valence-corrected chi connectivity index (χ0v) is 11.3. The zero-order valence-electron chi connectivity index (χ0n) is 10.5. The molecule has 0 saturated carbocycles. The maximum absolute atomic E-state index is 10.4. The summed E-state index contributed by atoms with van der Waals surface area (Å²) in [6.45, 7) is 7.08. The molecule has 1 atom stereocenters. The second kappa shape index (κ2) is 5.02. The summed E-state index contributed by atoms with van der Waals surface area (Å²) in [4.78, 5) is 2.41. The lowest BCUT2D eigenvalue weighted by Crippen LogP contribution is -2.10. The molecule has 0 aromatic carbocycles. The number of aromatic nitrogens is 2. The van der Waals surface area contributed by atoms with Gasteiger partial charge in [0.2, 0.25) is 0 Å². The van der Waals surface area contributed by atoms with Gasteiger partial charge in [-0.15, -0.1) is 11.3 Å². The summed E-state index contributed by atoms with van der Waals surface area (Å²) >= 11 is 1.72. The molecule has 2 aromatic rings. The lowest BCUT2D eigenvalue weighted by molar-refractivity contribution is 0.207. The van der Waals surface area contributed by atoms with Crippen LogP contribution in [0.1, 0.15) is 40.5 Å². The highest BCUT2D eigenvalue weighted by atomic mass is 32.1. The van der Waals surface area contributed by atoms with Gasteiger partial charge in [0.25, 0.3) is 0 Å². The predicted molar refractivity (Wildman–Crippen MR) is 70.4 cm³/mol. The van der Waals surface area contributed by atoms with Gasteiger partial charge in [0.1, 0.15) is 6.10 Å². The van der Waals surface area contributed by atoms with Crippen molar-refractivity contribution in [2.45, 2.75) is 39.8 Å². The molecule has 0 fully saturated rings. The first-order valence-electron chi connectivity index (χ1n) is 5.90. The fourth-order valence-electron chi connectivity index (χ4n) is 2.06. The standard InChI is InChI=1S/C13H18N2OS/c1-4-7-15-12(5-6-14-15)13(16)11-8-9(2)17-10(11)3/h5-6,8,13,16H,4,7H2,1-3H3. The lowest BCUT2D eigenvalue weighted by Gasteiger charge is -2.12. The molecule has 0 bridgehead atoms. The Morgan fingerprint density at radius 2 is 2.24 bits per heavy atom. The first-order chi connectivity index (χ1) is 8.13. The van der Waals surface area contributed by atoms with E-state index >= 15 is 0 Å². The average molecular weight is 250 g/mol. The molecule has 1 N–H and O–H groups in total. The molecule has 0 aliphatic carbocycles. The van der Waals surface area contributed by atoms with E-state index in [1.807, 2.05) is 10.7 Å². The Morgan fingerprint density at radius 1 is 1.47 bits per heavy atom. The Morgan fingerprint density at radius 3 is 2.82 bits per heavy atom. The fourth-order valence-corrected chi connectivity index (χ4v) is 3.01. The van der Waals surface area contributed by atoms with Gasteiger partial charge in [-0.05, 0) is 32.4 Å². The van der Waals surface area contributed by atoms with Gasteiger partial charge < -0.3 is 5.11 Å². The van der Waals surface area contributed by atoms with Crippen LogP contribution >= 0.6 is 11.3 Å². The molecule has 0 radical (unpaired) electrons.